The van der Waals surface area contributed by atoms with Gasteiger partial charge in [0.25, 0.3) is 0 Å². The zero-order valence-corrected chi connectivity index (χ0v) is 10.0. The van der Waals surface area contributed by atoms with Crippen LogP contribution in [0.4, 0.5) is 0 Å². The van der Waals surface area contributed by atoms with Gasteiger partial charge in [0.1, 0.15) is 0 Å². The van der Waals surface area contributed by atoms with E-state index in [-0.39, 0.29) is 0 Å². The van der Waals surface area contributed by atoms with Gasteiger partial charge in [-0.15, -0.1) is 0 Å². The fourth-order valence-corrected chi connectivity index (χ4v) is 2.70. The molecule has 1 aromatic rings. The van der Waals surface area contributed by atoms with Crippen molar-refractivity contribution in [1.82, 2.24) is 5.32 Å². The van der Waals surface area contributed by atoms with E-state index in [1.54, 1.807) is 11.1 Å². The zero-order chi connectivity index (χ0) is 10.8. The fraction of sp³-hybridized carbons (Fsp3) is 0.571. The van der Waals surface area contributed by atoms with Crippen molar-refractivity contribution in [2.45, 2.75) is 45.1 Å². The van der Waals surface area contributed by atoms with Gasteiger partial charge in [0.05, 0.1) is 0 Å². The average molecular weight is 203 g/mol. The number of fused-ring (bicyclic) bond motifs is 1. The van der Waals surface area contributed by atoms with Crippen LogP contribution in [0.15, 0.2) is 18.2 Å². The second-order valence-corrected chi connectivity index (χ2v) is 4.78. The largest absolute Gasteiger partial charge is 0.317 e. The molecule has 0 saturated carbocycles. The van der Waals surface area contributed by atoms with Crippen LogP contribution in [0.25, 0.3) is 0 Å². The second kappa shape index (κ2) is 4.36. The monoisotopic (exact) mass is 203 g/mol. The number of nitrogens with one attached hydrogen (secondary N) is 1. The predicted molar refractivity (Wildman–Crippen MR) is 65.4 cm³/mol. The fourth-order valence-electron chi connectivity index (χ4n) is 2.70. The lowest BCUT2D eigenvalue weighted by molar-refractivity contribution is 0.437. The molecule has 0 saturated heterocycles. The summed E-state index contributed by atoms with van der Waals surface area (Å²) in [6.45, 7) is 4.48. The summed E-state index contributed by atoms with van der Waals surface area (Å²) in [4.78, 5) is 0. The number of hydrogen-bond donors (Lipinski definition) is 1. The molecule has 82 valence electrons. The first-order chi connectivity index (χ1) is 7.22. The quantitative estimate of drug-likeness (QED) is 0.779. The molecule has 1 aromatic carbocycles. The van der Waals surface area contributed by atoms with Gasteiger partial charge >= 0.3 is 0 Å². The van der Waals surface area contributed by atoms with Crippen molar-refractivity contribution in [3.8, 4) is 0 Å². The summed E-state index contributed by atoms with van der Waals surface area (Å²) in [5, 5.41) is 3.39. The number of likely N-dealkylation sites (N-methyl/N-ethyl adjacent to an activating group) is 1. The van der Waals surface area contributed by atoms with Crippen molar-refractivity contribution in [1.29, 1.82) is 0 Å². The van der Waals surface area contributed by atoms with Crippen LogP contribution < -0.4 is 5.32 Å². The molecule has 15 heavy (non-hydrogen) atoms. The topological polar surface area (TPSA) is 12.0 Å². The maximum Gasteiger partial charge on any atom is 0.0105 e. The molecule has 1 N–H and O–H groups in total. The molecule has 1 heteroatoms. The number of hydrogen-bond acceptors (Lipinski definition) is 1. The van der Waals surface area contributed by atoms with Gasteiger partial charge in [0, 0.05) is 6.04 Å². The molecule has 0 bridgehead atoms. The Morgan fingerprint density at radius 1 is 1.40 bits per heavy atom. The zero-order valence-electron chi connectivity index (χ0n) is 10.0. The third kappa shape index (κ3) is 2.07. The molecular formula is C14H21N. The summed E-state index contributed by atoms with van der Waals surface area (Å²) < 4.78 is 0. The highest BCUT2D eigenvalue weighted by atomic mass is 14.9. The van der Waals surface area contributed by atoms with Crippen LogP contribution in [0, 0.1) is 6.92 Å². The van der Waals surface area contributed by atoms with Gasteiger partial charge in [-0.25, -0.2) is 0 Å². The molecule has 1 aliphatic carbocycles. The van der Waals surface area contributed by atoms with Gasteiger partial charge < -0.3 is 5.32 Å². The van der Waals surface area contributed by atoms with Crippen molar-refractivity contribution in [2.24, 2.45) is 0 Å². The molecule has 0 aromatic heterocycles. The van der Waals surface area contributed by atoms with E-state index in [0.717, 1.165) is 0 Å². The Hall–Kier alpha value is -0.820. The van der Waals surface area contributed by atoms with E-state index in [1.165, 1.54) is 24.8 Å². The minimum absolute atomic E-state index is 0.590. The molecule has 2 unspecified atom stereocenters. The Balaban J connectivity index is 2.34. The lowest BCUT2D eigenvalue weighted by atomic mass is 9.79. The highest BCUT2D eigenvalue weighted by Gasteiger charge is 2.23. The van der Waals surface area contributed by atoms with Gasteiger partial charge in [-0.05, 0) is 57.2 Å². The molecular weight excluding hydrogens is 182 g/mol. The highest BCUT2D eigenvalue weighted by Crippen LogP contribution is 2.34. The first kappa shape index (κ1) is 10.7. The van der Waals surface area contributed by atoms with E-state index >= 15 is 0 Å². The van der Waals surface area contributed by atoms with E-state index < -0.39 is 0 Å². The summed E-state index contributed by atoms with van der Waals surface area (Å²) in [6, 6.07) is 7.54. The van der Waals surface area contributed by atoms with Gasteiger partial charge in [-0.1, -0.05) is 23.8 Å². The van der Waals surface area contributed by atoms with Crippen molar-refractivity contribution in [3.63, 3.8) is 0 Å². The van der Waals surface area contributed by atoms with Crippen LogP contribution in [0.1, 0.15) is 42.4 Å². The molecule has 0 fully saturated rings. The molecule has 0 aliphatic heterocycles. The van der Waals surface area contributed by atoms with Crippen LogP contribution >= 0.6 is 0 Å². The maximum atomic E-state index is 3.39. The third-order valence-electron chi connectivity index (χ3n) is 3.72. The van der Waals surface area contributed by atoms with Crippen LogP contribution in [0.3, 0.4) is 0 Å². The lowest BCUT2D eigenvalue weighted by Gasteiger charge is -2.30. The number of rotatable bonds is 2. The summed E-state index contributed by atoms with van der Waals surface area (Å²) in [5.74, 6) is 0.708. The maximum absolute atomic E-state index is 3.39. The number of benzene rings is 1. The normalized spacial score (nSPS) is 22.2. The SMILES string of the molecule is CNC(C)C1CCCc2cc(C)ccc21. The average Bonchev–Trinajstić information content (AvgIpc) is 2.26. The standard InChI is InChI=1S/C14H21N/c1-10-7-8-14-12(9-10)5-4-6-13(14)11(2)15-3/h7-9,11,13,15H,4-6H2,1-3H3. The van der Waals surface area contributed by atoms with Crippen LogP contribution in [-0.2, 0) is 6.42 Å². The Bertz CT molecular complexity index is 343. The third-order valence-corrected chi connectivity index (χ3v) is 3.72. The lowest BCUT2D eigenvalue weighted by Crippen LogP contribution is -2.31. The van der Waals surface area contributed by atoms with Crippen molar-refractivity contribution < 1.29 is 0 Å². The second-order valence-electron chi connectivity index (χ2n) is 4.78. The summed E-state index contributed by atoms with van der Waals surface area (Å²) in [6.07, 6.45) is 3.94. The van der Waals surface area contributed by atoms with Gasteiger partial charge in [-0.2, -0.15) is 0 Å². The molecule has 1 nitrogen and oxygen atoms in total. The Morgan fingerprint density at radius 3 is 2.93 bits per heavy atom. The van der Waals surface area contributed by atoms with E-state index in [0.29, 0.717) is 12.0 Å². The molecule has 0 radical (unpaired) electrons. The highest BCUT2D eigenvalue weighted by molar-refractivity contribution is 5.36. The first-order valence-electron chi connectivity index (χ1n) is 5.99. The van der Waals surface area contributed by atoms with E-state index in [2.05, 4.69) is 44.4 Å². The minimum Gasteiger partial charge on any atom is -0.317 e. The van der Waals surface area contributed by atoms with Crippen LogP contribution in [0.2, 0.25) is 0 Å². The van der Waals surface area contributed by atoms with Crippen LogP contribution in [-0.4, -0.2) is 13.1 Å². The summed E-state index contributed by atoms with van der Waals surface area (Å²) >= 11 is 0. The van der Waals surface area contributed by atoms with Gasteiger partial charge in [0.2, 0.25) is 0 Å². The van der Waals surface area contributed by atoms with E-state index in [9.17, 15) is 0 Å². The first-order valence-corrected chi connectivity index (χ1v) is 5.99. The summed E-state index contributed by atoms with van der Waals surface area (Å²) in [5.41, 5.74) is 4.55. The molecule has 1 aliphatic rings. The number of aryl methyl sites for hydroxylation is 2. The van der Waals surface area contributed by atoms with E-state index in [4.69, 9.17) is 0 Å². The Morgan fingerprint density at radius 2 is 2.20 bits per heavy atom. The van der Waals surface area contributed by atoms with Gasteiger partial charge in [-0.3, -0.25) is 0 Å². The molecule has 0 heterocycles. The van der Waals surface area contributed by atoms with Crippen molar-refractivity contribution in [2.75, 3.05) is 7.05 Å². The summed E-state index contributed by atoms with van der Waals surface area (Å²) in [7, 11) is 2.06. The van der Waals surface area contributed by atoms with Crippen molar-refractivity contribution in [3.05, 3.63) is 34.9 Å². The Kier molecular flexibility index (Phi) is 3.11. The molecule has 0 amide bonds. The molecule has 0 spiro atoms. The van der Waals surface area contributed by atoms with E-state index in [1.807, 2.05) is 0 Å². The molecule has 2 atom stereocenters. The smallest absolute Gasteiger partial charge is 0.0105 e. The van der Waals surface area contributed by atoms with Gasteiger partial charge in [0.15, 0.2) is 0 Å². The predicted octanol–water partition coefficient (Wildman–Crippen LogP) is 3.02. The van der Waals surface area contributed by atoms with Crippen molar-refractivity contribution >= 4 is 0 Å². The Labute approximate surface area is 92.9 Å². The molecule has 2 rings (SSSR count). The minimum atomic E-state index is 0.590. The van der Waals surface area contributed by atoms with Crippen LogP contribution in [0.5, 0.6) is 0 Å².